The van der Waals surface area contributed by atoms with E-state index >= 15 is 0 Å². The number of nitrogens with zero attached hydrogens (tertiary/aromatic N) is 4. The monoisotopic (exact) mass is 514 g/mol. The molecule has 0 aliphatic carbocycles. The van der Waals surface area contributed by atoms with E-state index in [9.17, 15) is 0 Å². The first kappa shape index (κ1) is 23.9. The Labute approximate surface area is 233 Å². The van der Waals surface area contributed by atoms with Crippen LogP contribution in [0, 0.1) is 13.8 Å². The number of aromatic nitrogens is 4. The van der Waals surface area contributed by atoms with E-state index in [0.29, 0.717) is 5.82 Å². The van der Waals surface area contributed by atoms with Gasteiger partial charge in [-0.15, -0.1) is 0 Å². The number of fused-ring (bicyclic) bond motifs is 3. The number of benzene rings is 4. The maximum absolute atomic E-state index is 5.09. The molecule has 0 unspecified atom stereocenters. The highest BCUT2D eigenvalue weighted by molar-refractivity contribution is 6.04. The molecule has 0 radical (unpaired) electrons. The molecule has 3 aromatic heterocycles. The molecule has 4 aromatic carbocycles. The Bertz CT molecular complexity index is 1940. The number of hydrogen-bond acceptors (Lipinski definition) is 4. The third-order valence-electron chi connectivity index (χ3n) is 7.29. The third kappa shape index (κ3) is 4.40. The Morgan fingerprint density at radius 3 is 1.62 bits per heavy atom. The van der Waals surface area contributed by atoms with Crippen LogP contribution in [0.1, 0.15) is 11.3 Å². The van der Waals surface area contributed by atoms with Gasteiger partial charge in [0.25, 0.3) is 0 Å². The highest BCUT2D eigenvalue weighted by Crippen LogP contribution is 2.31. The van der Waals surface area contributed by atoms with Gasteiger partial charge in [-0.25, -0.2) is 15.0 Å². The number of pyridine rings is 2. The molecule has 3 heterocycles. The first-order valence-corrected chi connectivity index (χ1v) is 13.4. The molecule has 0 aliphatic heterocycles. The van der Waals surface area contributed by atoms with Crippen molar-refractivity contribution in [3.63, 3.8) is 0 Å². The van der Waals surface area contributed by atoms with E-state index in [0.717, 1.165) is 66.8 Å². The topological polar surface area (TPSA) is 51.6 Å². The molecule has 0 aliphatic rings. The molecular weight excluding hydrogens is 488 g/mol. The normalized spacial score (nSPS) is 11.2. The summed E-state index contributed by atoms with van der Waals surface area (Å²) in [5.41, 5.74) is 10.9. The van der Waals surface area contributed by atoms with Crippen LogP contribution in [-0.4, -0.2) is 19.9 Å². The van der Waals surface area contributed by atoms with Crippen LogP contribution in [0.2, 0.25) is 0 Å². The van der Waals surface area contributed by atoms with Gasteiger partial charge in [0.05, 0.1) is 28.1 Å². The van der Waals surface area contributed by atoms with Gasteiger partial charge < -0.3 is 0 Å². The SMILES string of the molecule is Cc1ccc2ccc3c(C)cc(-c4ccc(-c5nc(-c6ccccc6)cc(-c6ccccc6)n5)cc4)nc3c2n1. The zero-order chi connectivity index (χ0) is 27.1. The highest BCUT2D eigenvalue weighted by atomic mass is 14.9. The van der Waals surface area contributed by atoms with Gasteiger partial charge in [-0.05, 0) is 37.6 Å². The smallest absolute Gasteiger partial charge is 0.160 e. The maximum Gasteiger partial charge on any atom is 0.160 e. The Morgan fingerprint density at radius 2 is 0.975 bits per heavy atom. The van der Waals surface area contributed by atoms with Gasteiger partial charge in [0, 0.05) is 38.7 Å². The zero-order valence-corrected chi connectivity index (χ0v) is 22.3. The number of aryl methyl sites for hydroxylation is 2. The molecule has 0 N–H and O–H groups in total. The number of rotatable bonds is 4. The quantitative estimate of drug-likeness (QED) is 0.220. The fraction of sp³-hybridized carbons (Fsp3) is 0.0556. The van der Waals surface area contributed by atoms with Crippen LogP contribution in [0.15, 0.2) is 121 Å². The lowest BCUT2D eigenvalue weighted by atomic mass is 10.0. The summed E-state index contributed by atoms with van der Waals surface area (Å²) in [5, 5.41) is 2.23. The van der Waals surface area contributed by atoms with Crippen LogP contribution in [0.4, 0.5) is 0 Å². The lowest BCUT2D eigenvalue weighted by molar-refractivity contribution is 1.18. The van der Waals surface area contributed by atoms with E-state index in [2.05, 4.69) is 85.8 Å². The second-order valence-electron chi connectivity index (χ2n) is 10.1. The molecule has 0 saturated carbocycles. The summed E-state index contributed by atoms with van der Waals surface area (Å²) in [5.74, 6) is 0.695. The van der Waals surface area contributed by atoms with Crippen LogP contribution in [0.25, 0.3) is 67.0 Å². The van der Waals surface area contributed by atoms with Gasteiger partial charge in [0.15, 0.2) is 5.82 Å². The number of hydrogen-bond donors (Lipinski definition) is 0. The Kier molecular flexibility index (Phi) is 5.86. The van der Waals surface area contributed by atoms with Gasteiger partial charge in [-0.3, -0.25) is 4.98 Å². The molecule has 4 heteroatoms. The van der Waals surface area contributed by atoms with Crippen molar-refractivity contribution in [2.45, 2.75) is 13.8 Å². The van der Waals surface area contributed by atoms with Gasteiger partial charge in [-0.2, -0.15) is 0 Å². The fourth-order valence-corrected chi connectivity index (χ4v) is 5.17. The van der Waals surface area contributed by atoms with Crippen molar-refractivity contribution >= 4 is 21.8 Å². The molecule has 7 rings (SSSR count). The van der Waals surface area contributed by atoms with Crippen molar-refractivity contribution in [1.82, 2.24) is 19.9 Å². The van der Waals surface area contributed by atoms with E-state index < -0.39 is 0 Å². The molecule has 40 heavy (non-hydrogen) atoms. The highest BCUT2D eigenvalue weighted by Gasteiger charge is 2.13. The van der Waals surface area contributed by atoms with E-state index in [-0.39, 0.29) is 0 Å². The minimum atomic E-state index is 0.695. The molecule has 0 fully saturated rings. The Hall–Kier alpha value is -5.22. The van der Waals surface area contributed by atoms with Gasteiger partial charge in [0.1, 0.15) is 0 Å². The summed E-state index contributed by atoms with van der Waals surface area (Å²) in [7, 11) is 0. The largest absolute Gasteiger partial charge is 0.251 e. The summed E-state index contributed by atoms with van der Waals surface area (Å²) in [6.45, 7) is 4.16. The van der Waals surface area contributed by atoms with Crippen LogP contribution in [0.5, 0.6) is 0 Å². The lowest BCUT2D eigenvalue weighted by Gasteiger charge is -2.11. The summed E-state index contributed by atoms with van der Waals surface area (Å²) in [6, 6.07) is 41.5. The van der Waals surface area contributed by atoms with Crippen molar-refractivity contribution in [2.75, 3.05) is 0 Å². The maximum atomic E-state index is 5.09. The summed E-state index contributed by atoms with van der Waals surface area (Å²) < 4.78 is 0. The van der Waals surface area contributed by atoms with Crippen LogP contribution in [-0.2, 0) is 0 Å². The molecule has 0 bridgehead atoms. The molecular formula is C36H26N4. The van der Waals surface area contributed by atoms with Gasteiger partial charge in [0.2, 0.25) is 0 Å². The van der Waals surface area contributed by atoms with Crippen LogP contribution >= 0.6 is 0 Å². The second kappa shape index (κ2) is 9.83. The molecule has 0 amide bonds. The average molecular weight is 515 g/mol. The first-order valence-electron chi connectivity index (χ1n) is 13.4. The lowest BCUT2D eigenvalue weighted by Crippen LogP contribution is -1.96. The van der Waals surface area contributed by atoms with Crippen molar-refractivity contribution in [3.05, 3.63) is 133 Å². The first-order chi connectivity index (χ1) is 19.6. The van der Waals surface area contributed by atoms with Gasteiger partial charge in [-0.1, -0.05) is 103 Å². The predicted octanol–water partition coefficient (Wildman–Crippen LogP) is 8.86. The van der Waals surface area contributed by atoms with Gasteiger partial charge >= 0.3 is 0 Å². The summed E-state index contributed by atoms with van der Waals surface area (Å²) >= 11 is 0. The van der Waals surface area contributed by atoms with Crippen molar-refractivity contribution < 1.29 is 0 Å². The molecule has 7 aromatic rings. The third-order valence-corrected chi connectivity index (χ3v) is 7.29. The van der Waals surface area contributed by atoms with Crippen molar-refractivity contribution in [2.24, 2.45) is 0 Å². The second-order valence-corrected chi connectivity index (χ2v) is 10.1. The summed E-state index contributed by atoms with van der Waals surface area (Å²) in [6.07, 6.45) is 0. The van der Waals surface area contributed by atoms with Crippen molar-refractivity contribution in [1.29, 1.82) is 0 Å². The fourth-order valence-electron chi connectivity index (χ4n) is 5.17. The van der Waals surface area contributed by atoms with Crippen molar-refractivity contribution in [3.8, 4) is 45.2 Å². The molecule has 0 atom stereocenters. The van der Waals surface area contributed by atoms with E-state index in [1.54, 1.807) is 0 Å². The molecule has 4 nitrogen and oxygen atoms in total. The standard InChI is InChI=1S/C36H26N4/c1-23-21-31(38-35-30(23)20-19-28-14-13-24(2)37-34(28)35)27-15-17-29(18-16-27)36-39-32(25-9-5-3-6-10-25)22-33(40-36)26-11-7-4-8-12-26/h3-22H,1-2H3. The van der Waals surface area contributed by atoms with Crippen LogP contribution < -0.4 is 0 Å². The minimum Gasteiger partial charge on any atom is -0.251 e. The molecule has 0 spiro atoms. The predicted molar refractivity (Wildman–Crippen MR) is 164 cm³/mol. The zero-order valence-electron chi connectivity index (χ0n) is 22.3. The van der Waals surface area contributed by atoms with E-state index in [1.165, 1.54) is 5.56 Å². The van der Waals surface area contributed by atoms with E-state index in [4.69, 9.17) is 19.9 Å². The molecule has 0 saturated heterocycles. The summed E-state index contributed by atoms with van der Waals surface area (Å²) in [4.78, 5) is 19.8. The molecule has 190 valence electrons. The Morgan fingerprint density at radius 1 is 0.425 bits per heavy atom. The average Bonchev–Trinajstić information content (AvgIpc) is 3.01. The minimum absolute atomic E-state index is 0.695. The van der Waals surface area contributed by atoms with E-state index in [1.807, 2.05) is 49.4 Å². The Balaban J connectivity index is 1.32. The van der Waals surface area contributed by atoms with Crippen LogP contribution in [0.3, 0.4) is 0 Å².